The third-order valence-electron chi connectivity index (χ3n) is 3.88. The first-order chi connectivity index (χ1) is 11.7. The molecule has 0 aliphatic carbocycles. The molecular weight excluding hydrogens is 298 g/mol. The van der Waals surface area contributed by atoms with Crippen LogP contribution in [0.25, 0.3) is 17.2 Å². The highest BCUT2D eigenvalue weighted by Gasteiger charge is 2.12. The molecule has 24 heavy (non-hydrogen) atoms. The highest BCUT2D eigenvalue weighted by Crippen LogP contribution is 2.23. The molecule has 2 aromatic heterocycles. The highest BCUT2D eigenvalue weighted by molar-refractivity contribution is 5.64. The smallest absolute Gasteiger partial charge is 0.254 e. The lowest BCUT2D eigenvalue weighted by atomic mass is 10.2. The predicted octanol–water partition coefficient (Wildman–Crippen LogP) is 4.15. The van der Waals surface area contributed by atoms with Crippen molar-refractivity contribution in [3.8, 4) is 11.4 Å². The molecule has 0 atom stereocenters. The zero-order valence-electron chi connectivity index (χ0n) is 13.6. The van der Waals surface area contributed by atoms with Gasteiger partial charge in [0.1, 0.15) is 5.82 Å². The number of aromatic nitrogens is 4. The number of nitrogens with one attached hydrogen (secondary N) is 1. The number of nitrogens with zero attached hydrogens (tertiary/aromatic N) is 4. The van der Waals surface area contributed by atoms with Gasteiger partial charge in [-0.25, -0.2) is 4.98 Å². The summed E-state index contributed by atoms with van der Waals surface area (Å²) >= 11 is 0. The number of aryl methyl sites for hydroxylation is 2. The SMILES string of the molecule is Cc1cc(Nc2ccccc2C)n2nc(-c3ccccc3)nc2n1. The van der Waals surface area contributed by atoms with E-state index >= 15 is 0 Å². The van der Waals surface area contributed by atoms with Crippen molar-refractivity contribution < 1.29 is 0 Å². The second-order valence-electron chi connectivity index (χ2n) is 5.74. The van der Waals surface area contributed by atoms with E-state index in [9.17, 15) is 0 Å². The van der Waals surface area contributed by atoms with E-state index in [1.807, 2.05) is 61.5 Å². The second kappa shape index (κ2) is 5.77. The van der Waals surface area contributed by atoms with Crippen molar-refractivity contribution in [2.75, 3.05) is 5.32 Å². The van der Waals surface area contributed by atoms with Gasteiger partial charge < -0.3 is 5.32 Å². The Labute approximate surface area is 140 Å². The summed E-state index contributed by atoms with van der Waals surface area (Å²) in [7, 11) is 0. The van der Waals surface area contributed by atoms with E-state index in [-0.39, 0.29) is 0 Å². The number of fused-ring (bicyclic) bond motifs is 1. The minimum absolute atomic E-state index is 0.588. The molecule has 5 heteroatoms. The summed E-state index contributed by atoms with van der Waals surface area (Å²) in [6, 6.07) is 20.1. The maximum atomic E-state index is 4.63. The average Bonchev–Trinajstić information content (AvgIpc) is 3.02. The molecule has 4 aromatic rings. The summed E-state index contributed by atoms with van der Waals surface area (Å²) < 4.78 is 1.75. The largest absolute Gasteiger partial charge is 0.340 e. The molecule has 4 rings (SSSR count). The summed E-state index contributed by atoms with van der Waals surface area (Å²) in [5.74, 6) is 2.10. The fraction of sp³-hybridized carbons (Fsp3) is 0.105. The van der Waals surface area contributed by atoms with E-state index in [1.165, 1.54) is 5.56 Å². The van der Waals surface area contributed by atoms with Crippen LogP contribution in [0.3, 0.4) is 0 Å². The van der Waals surface area contributed by atoms with Crippen LogP contribution in [0.4, 0.5) is 11.5 Å². The first kappa shape index (κ1) is 14.4. The van der Waals surface area contributed by atoms with Gasteiger partial charge in [0.05, 0.1) is 0 Å². The van der Waals surface area contributed by atoms with Crippen molar-refractivity contribution in [3.63, 3.8) is 0 Å². The van der Waals surface area contributed by atoms with Gasteiger partial charge >= 0.3 is 0 Å². The lowest BCUT2D eigenvalue weighted by Crippen LogP contribution is -2.03. The monoisotopic (exact) mass is 315 g/mol. The van der Waals surface area contributed by atoms with Crippen LogP contribution in [-0.2, 0) is 0 Å². The zero-order chi connectivity index (χ0) is 16.5. The van der Waals surface area contributed by atoms with Gasteiger partial charge in [0.25, 0.3) is 5.78 Å². The maximum absolute atomic E-state index is 4.63. The van der Waals surface area contributed by atoms with E-state index in [4.69, 9.17) is 0 Å². The van der Waals surface area contributed by atoms with Gasteiger partial charge in [-0.3, -0.25) is 0 Å². The third kappa shape index (κ3) is 2.60. The molecule has 2 heterocycles. The Morgan fingerprint density at radius 1 is 0.875 bits per heavy atom. The first-order valence-electron chi connectivity index (χ1n) is 7.83. The van der Waals surface area contributed by atoms with Crippen LogP contribution in [0.15, 0.2) is 60.7 Å². The van der Waals surface area contributed by atoms with Gasteiger partial charge in [0.15, 0.2) is 5.82 Å². The molecular formula is C19H17N5. The van der Waals surface area contributed by atoms with Crippen molar-refractivity contribution in [1.82, 2.24) is 19.6 Å². The van der Waals surface area contributed by atoms with Crippen molar-refractivity contribution in [2.45, 2.75) is 13.8 Å². The minimum atomic E-state index is 0.588. The summed E-state index contributed by atoms with van der Waals surface area (Å²) in [6.45, 7) is 4.03. The van der Waals surface area contributed by atoms with E-state index < -0.39 is 0 Å². The average molecular weight is 315 g/mol. The fourth-order valence-corrected chi connectivity index (χ4v) is 2.64. The van der Waals surface area contributed by atoms with Crippen LogP contribution in [-0.4, -0.2) is 19.6 Å². The Kier molecular flexibility index (Phi) is 3.46. The normalized spacial score (nSPS) is 10.9. The van der Waals surface area contributed by atoms with Gasteiger partial charge in [0.2, 0.25) is 0 Å². The Morgan fingerprint density at radius 3 is 2.42 bits per heavy atom. The molecule has 0 fully saturated rings. The van der Waals surface area contributed by atoms with E-state index in [0.29, 0.717) is 11.6 Å². The van der Waals surface area contributed by atoms with Gasteiger partial charge in [-0.15, -0.1) is 5.10 Å². The van der Waals surface area contributed by atoms with E-state index in [0.717, 1.165) is 22.8 Å². The molecule has 0 aliphatic heterocycles. The number of para-hydroxylation sites is 1. The molecule has 2 aromatic carbocycles. The van der Waals surface area contributed by atoms with Crippen molar-refractivity contribution in [2.24, 2.45) is 0 Å². The van der Waals surface area contributed by atoms with Gasteiger partial charge in [0, 0.05) is 23.0 Å². The molecule has 0 saturated carbocycles. The molecule has 0 spiro atoms. The van der Waals surface area contributed by atoms with Crippen LogP contribution in [0.2, 0.25) is 0 Å². The van der Waals surface area contributed by atoms with Crippen LogP contribution in [0.5, 0.6) is 0 Å². The summed E-state index contributed by atoms with van der Waals surface area (Å²) in [5, 5.41) is 8.07. The van der Waals surface area contributed by atoms with Gasteiger partial charge in [-0.1, -0.05) is 48.5 Å². The Bertz CT molecular complexity index is 1000. The van der Waals surface area contributed by atoms with Gasteiger partial charge in [-0.2, -0.15) is 9.50 Å². The Hall–Kier alpha value is -3.21. The summed E-state index contributed by atoms with van der Waals surface area (Å²) in [4.78, 5) is 9.07. The topological polar surface area (TPSA) is 55.1 Å². The number of anilines is 2. The molecule has 0 aliphatic rings. The fourth-order valence-electron chi connectivity index (χ4n) is 2.64. The maximum Gasteiger partial charge on any atom is 0.254 e. The van der Waals surface area contributed by atoms with Crippen LogP contribution < -0.4 is 5.32 Å². The van der Waals surface area contributed by atoms with Gasteiger partial charge in [-0.05, 0) is 25.5 Å². The summed E-state index contributed by atoms with van der Waals surface area (Å²) in [6.07, 6.45) is 0. The van der Waals surface area contributed by atoms with Crippen LogP contribution in [0.1, 0.15) is 11.3 Å². The number of hydrogen-bond donors (Lipinski definition) is 1. The van der Waals surface area contributed by atoms with E-state index in [1.54, 1.807) is 4.52 Å². The molecule has 118 valence electrons. The number of hydrogen-bond acceptors (Lipinski definition) is 4. The molecule has 0 saturated heterocycles. The lowest BCUT2D eigenvalue weighted by molar-refractivity contribution is 0.940. The molecule has 0 bridgehead atoms. The third-order valence-corrected chi connectivity index (χ3v) is 3.88. The van der Waals surface area contributed by atoms with Crippen LogP contribution >= 0.6 is 0 Å². The zero-order valence-corrected chi connectivity index (χ0v) is 13.6. The number of rotatable bonds is 3. The standard InChI is InChI=1S/C19H17N5/c1-13-8-6-7-11-16(13)21-17-12-14(2)20-19-22-18(23-24(17)19)15-9-4-3-5-10-15/h3-12,21H,1-2H3. The highest BCUT2D eigenvalue weighted by atomic mass is 15.4. The van der Waals surface area contributed by atoms with Crippen molar-refractivity contribution >= 4 is 17.3 Å². The van der Waals surface area contributed by atoms with E-state index in [2.05, 4.69) is 33.4 Å². The number of benzene rings is 2. The lowest BCUT2D eigenvalue weighted by Gasteiger charge is -2.10. The Balaban J connectivity index is 1.83. The molecule has 0 unspecified atom stereocenters. The first-order valence-corrected chi connectivity index (χ1v) is 7.83. The Morgan fingerprint density at radius 2 is 1.62 bits per heavy atom. The molecule has 0 amide bonds. The summed E-state index contributed by atoms with van der Waals surface area (Å²) in [5.41, 5.74) is 4.08. The minimum Gasteiger partial charge on any atom is -0.340 e. The quantitative estimate of drug-likeness (QED) is 0.617. The van der Waals surface area contributed by atoms with Crippen molar-refractivity contribution in [3.05, 3.63) is 71.9 Å². The molecule has 0 radical (unpaired) electrons. The second-order valence-corrected chi connectivity index (χ2v) is 5.74. The molecule has 1 N–H and O–H groups in total. The predicted molar refractivity (Wildman–Crippen MR) is 95.4 cm³/mol. The van der Waals surface area contributed by atoms with Crippen LogP contribution in [0, 0.1) is 13.8 Å². The molecule has 5 nitrogen and oxygen atoms in total. The van der Waals surface area contributed by atoms with Crippen molar-refractivity contribution in [1.29, 1.82) is 0 Å².